The summed E-state index contributed by atoms with van der Waals surface area (Å²) in [6.07, 6.45) is 1.30. The number of nitrogens with two attached hydrogens (primary N) is 1. The van der Waals surface area contributed by atoms with Crippen LogP contribution in [0, 0.1) is 11.8 Å². The van der Waals surface area contributed by atoms with E-state index in [1.165, 1.54) is 17.5 Å². The third-order valence-corrected chi connectivity index (χ3v) is 3.18. The predicted molar refractivity (Wildman–Crippen MR) is 79.3 cm³/mol. The van der Waals surface area contributed by atoms with E-state index in [-0.39, 0.29) is 0 Å². The number of rotatable bonds is 7. The highest BCUT2D eigenvalue weighted by atomic mass is 15.1. The Morgan fingerprint density at radius 3 is 2.44 bits per heavy atom. The van der Waals surface area contributed by atoms with Crippen LogP contribution < -0.4 is 5.73 Å². The van der Waals surface area contributed by atoms with Gasteiger partial charge >= 0.3 is 0 Å². The summed E-state index contributed by atoms with van der Waals surface area (Å²) < 4.78 is 0. The molecule has 2 nitrogen and oxygen atoms in total. The third kappa shape index (κ3) is 5.65. The fourth-order valence-corrected chi connectivity index (χ4v) is 2.64. The molecule has 0 aliphatic heterocycles. The monoisotopic (exact) mass is 248 g/mol. The van der Waals surface area contributed by atoms with E-state index in [1.54, 1.807) is 0 Å². The standard InChI is InChI=1S/C16H28N2/c1-13(2)8-14(3)11-18(4)12-16-7-5-6-15(9-16)10-17/h5-7,9,13-14H,8,10-12,17H2,1-4H3. The zero-order chi connectivity index (χ0) is 13.5. The zero-order valence-electron chi connectivity index (χ0n) is 12.3. The minimum absolute atomic E-state index is 0.626. The maximum Gasteiger partial charge on any atom is 0.0230 e. The first kappa shape index (κ1) is 15.2. The molecule has 18 heavy (non-hydrogen) atoms. The van der Waals surface area contributed by atoms with Crippen LogP contribution in [0.1, 0.15) is 38.3 Å². The summed E-state index contributed by atoms with van der Waals surface area (Å²) >= 11 is 0. The number of benzene rings is 1. The second-order valence-corrected chi connectivity index (χ2v) is 5.96. The van der Waals surface area contributed by atoms with Crippen molar-refractivity contribution in [3.8, 4) is 0 Å². The lowest BCUT2D eigenvalue weighted by atomic mass is 9.98. The lowest BCUT2D eigenvalue weighted by molar-refractivity contribution is 0.258. The van der Waals surface area contributed by atoms with Crippen LogP contribution >= 0.6 is 0 Å². The highest BCUT2D eigenvalue weighted by Gasteiger charge is 2.09. The van der Waals surface area contributed by atoms with Crippen molar-refractivity contribution in [2.24, 2.45) is 17.6 Å². The molecule has 1 rings (SSSR count). The molecule has 2 heteroatoms. The van der Waals surface area contributed by atoms with Crippen LogP contribution in [0.25, 0.3) is 0 Å². The molecule has 0 aliphatic rings. The molecular formula is C16H28N2. The number of hydrogen-bond acceptors (Lipinski definition) is 2. The first-order chi connectivity index (χ1) is 8.51. The predicted octanol–water partition coefficient (Wildman–Crippen LogP) is 3.26. The molecule has 0 aromatic heterocycles. The first-order valence-electron chi connectivity index (χ1n) is 6.97. The van der Waals surface area contributed by atoms with E-state index in [9.17, 15) is 0 Å². The molecule has 1 unspecified atom stereocenters. The Hall–Kier alpha value is -0.860. The molecule has 0 heterocycles. The Bertz CT molecular complexity index is 347. The topological polar surface area (TPSA) is 29.3 Å². The van der Waals surface area contributed by atoms with Gasteiger partial charge in [0.1, 0.15) is 0 Å². The molecule has 0 saturated heterocycles. The molecule has 1 aromatic rings. The largest absolute Gasteiger partial charge is 0.326 e. The molecule has 0 radical (unpaired) electrons. The van der Waals surface area contributed by atoms with Gasteiger partial charge in [-0.2, -0.15) is 0 Å². The number of hydrogen-bond donors (Lipinski definition) is 1. The summed E-state index contributed by atoms with van der Waals surface area (Å²) in [6.45, 7) is 9.72. The van der Waals surface area contributed by atoms with Gasteiger partial charge in [0.25, 0.3) is 0 Å². The van der Waals surface area contributed by atoms with Crippen LogP contribution in [0.15, 0.2) is 24.3 Å². The van der Waals surface area contributed by atoms with E-state index in [4.69, 9.17) is 5.73 Å². The van der Waals surface area contributed by atoms with Crippen LogP contribution in [0.2, 0.25) is 0 Å². The Labute approximate surface area is 112 Å². The normalized spacial score (nSPS) is 13.3. The molecule has 1 atom stereocenters. The molecule has 0 saturated carbocycles. The Balaban J connectivity index is 2.45. The Morgan fingerprint density at radius 2 is 1.83 bits per heavy atom. The molecule has 0 bridgehead atoms. The van der Waals surface area contributed by atoms with E-state index < -0.39 is 0 Å². The van der Waals surface area contributed by atoms with Crippen LogP contribution in [0.4, 0.5) is 0 Å². The van der Waals surface area contributed by atoms with Gasteiger partial charge in [0, 0.05) is 19.6 Å². The summed E-state index contributed by atoms with van der Waals surface area (Å²) in [6, 6.07) is 8.58. The van der Waals surface area contributed by atoms with Gasteiger partial charge in [-0.3, -0.25) is 0 Å². The van der Waals surface area contributed by atoms with E-state index in [2.05, 4.69) is 57.0 Å². The minimum Gasteiger partial charge on any atom is -0.326 e. The van der Waals surface area contributed by atoms with Crippen LogP contribution in [0.5, 0.6) is 0 Å². The van der Waals surface area contributed by atoms with Gasteiger partial charge in [-0.05, 0) is 36.4 Å². The molecule has 0 fully saturated rings. The minimum atomic E-state index is 0.626. The summed E-state index contributed by atoms with van der Waals surface area (Å²) in [5.74, 6) is 1.54. The molecule has 0 amide bonds. The second-order valence-electron chi connectivity index (χ2n) is 5.96. The van der Waals surface area contributed by atoms with Crippen molar-refractivity contribution < 1.29 is 0 Å². The molecule has 1 aromatic carbocycles. The van der Waals surface area contributed by atoms with Gasteiger partial charge in [0.05, 0.1) is 0 Å². The van der Waals surface area contributed by atoms with Crippen LogP contribution in [-0.4, -0.2) is 18.5 Å². The summed E-state index contributed by atoms with van der Waals surface area (Å²) in [5, 5.41) is 0. The molecule has 2 N–H and O–H groups in total. The van der Waals surface area contributed by atoms with Gasteiger partial charge < -0.3 is 10.6 Å². The SMILES string of the molecule is CC(C)CC(C)CN(C)Cc1cccc(CN)c1. The van der Waals surface area contributed by atoms with Crippen molar-refractivity contribution in [1.29, 1.82) is 0 Å². The lowest BCUT2D eigenvalue weighted by Gasteiger charge is -2.22. The third-order valence-electron chi connectivity index (χ3n) is 3.18. The number of nitrogens with zero attached hydrogens (tertiary/aromatic N) is 1. The summed E-state index contributed by atoms with van der Waals surface area (Å²) in [7, 11) is 2.20. The average Bonchev–Trinajstić information content (AvgIpc) is 2.27. The highest BCUT2D eigenvalue weighted by molar-refractivity contribution is 5.23. The van der Waals surface area contributed by atoms with Gasteiger partial charge in [0.15, 0.2) is 0 Å². The molecular weight excluding hydrogens is 220 g/mol. The van der Waals surface area contributed by atoms with Crippen molar-refractivity contribution in [3.05, 3.63) is 35.4 Å². The van der Waals surface area contributed by atoms with Crippen LogP contribution in [0.3, 0.4) is 0 Å². The van der Waals surface area contributed by atoms with Crippen LogP contribution in [-0.2, 0) is 13.1 Å². The fraction of sp³-hybridized carbons (Fsp3) is 0.625. The average molecular weight is 248 g/mol. The second kappa shape index (κ2) is 7.55. The van der Waals surface area contributed by atoms with E-state index in [0.29, 0.717) is 6.54 Å². The van der Waals surface area contributed by atoms with E-state index >= 15 is 0 Å². The smallest absolute Gasteiger partial charge is 0.0230 e. The van der Waals surface area contributed by atoms with E-state index in [0.717, 1.165) is 24.9 Å². The fourth-order valence-electron chi connectivity index (χ4n) is 2.64. The van der Waals surface area contributed by atoms with Gasteiger partial charge in [-0.25, -0.2) is 0 Å². The van der Waals surface area contributed by atoms with Gasteiger partial charge in [-0.15, -0.1) is 0 Å². The zero-order valence-corrected chi connectivity index (χ0v) is 12.3. The van der Waals surface area contributed by atoms with Gasteiger partial charge in [0.2, 0.25) is 0 Å². The molecule has 102 valence electrons. The molecule has 0 spiro atoms. The van der Waals surface area contributed by atoms with Crippen molar-refractivity contribution in [1.82, 2.24) is 4.90 Å². The van der Waals surface area contributed by atoms with E-state index in [1.807, 2.05) is 0 Å². The maximum atomic E-state index is 5.67. The Kier molecular flexibility index (Phi) is 6.37. The van der Waals surface area contributed by atoms with Crippen molar-refractivity contribution >= 4 is 0 Å². The first-order valence-corrected chi connectivity index (χ1v) is 6.97. The Morgan fingerprint density at radius 1 is 1.17 bits per heavy atom. The van der Waals surface area contributed by atoms with Gasteiger partial charge in [-0.1, -0.05) is 45.0 Å². The quantitative estimate of drug-likeness (QED) is 0.802. The summed E-state index contributed by atoms with van der Waals surface area (Å²) in [5.41, 5.74) is 8.25. The highest BCUT2D eigenvalue weighted by Crippen LogP contribution is 2.14. The van der Waals surface area contributed by atoms with Crippen molar-refractivity contribution in [2.75, 3.05) is 13.6 Å². The molecule has 0 aliphatic carbocycles. The summed E-state index contributed by atoms with van der Waals surface area (Å²) in [4.78, 5) is 2.41. The lowest BCUT2D eigenvalue weighted by Crippen LogP contribution is -2.24. The van der Waals surface area contributed by atoms with Crippen molar-refractivity contribution in [2.45, 2.75) is 40.3 Å². The van der Waals surface area contributed by atoms with Crippen molar-refractivity contribution in [3.63, 3.8) is 0 Å². The maximum absolute atomic E-state index is 5.67.